The van der Waals surface area contributed by atoms with Crippen LogP contribution in [0.5, 0.6) is 11.5 Å². The van der Waals surface area contributed by atoms with Gasteiger partial charge >= 0.3 is 5.97 Å². The van der Waals surface area contributed by atoms with E-state index in [0.717, 1.165) is 27.2 Å². The minimum Gasteiger partial charge on any atom is -0.481 e. The number of hydrogen-bond acceptors (Lipinski definition) is 8. The molecule has 0 atom stereocenters. The third-order valence-corrected chi connectivity index (χ3v) is 5.99. The van der Waals surface area contributed by atoms with Gasteiger partial charge in [0.15, 0.2) is 11.6 Å². The molecule has 12 heteroatoms. The SMILES string of the molecule is O=C(O)CCCNCc1cnc(Cc2cc3nccc(Oc4ccc([N+](=O)[O-])cc4F)c3s2)[nH]1. The Balaban J connectivity index is 1.43. The largest absolute Gasteiger partial charge is 0.481 e. The Morgan fingerprint density at radius 1 is 1.26 bits per heavy atom. The Morgan fingerprint density at radius 2 is 2.12 bits per heavy atom. The molecule has 0 amide bonds. The predicted molar refractivity (Wildman–Crippen MR) is 123 cm³/mol. The number of nitrogens with one attached hydrogen (secondary N) is 2. The number of thiophene rings is 1. The van der Waals surface area contributed by atoms with Crippen molar-refractivity contribution in [1.29, 1.82) is 0 Å². The average molecular weight is 485 g/mol. The molecule has 1 aromatic carbocycles. The number of nitrogens with zero attached hydrogens (tertiary/aromatic N) is 3. The number of halogens is 1. The van der Waals surface area contributed by atoms with E-state index in [0.29, 0.717) is 37.2 Å². The molecule has 3 heterocycles. The Labute approximate surface area is 196 Å². The van der Waals surface area contributed by atoms with E-state index in [1.165, 1.54) is 23.5 Å². The lowest BCUT2D eigenvalue weighted by Crippen LogP contribution is -2.16. The van der Waals surface area contributed by atoms with Gasteiger partial charge in [-0.2, -0.15) is 0 Å². The number of H-pyrrole nitrogens is 1. The molecule has 3 aromatic heterocycles. The summed E-state index contributed by atoms with van der Waals surface area (Å²) in [5.41, 5.74) is 1.23. The molecule has 0 radical (unpaired) electrons. The van der Waals surface area contributed by atoms with Crippen LogP contribution in [-0.2, 0) is 17.8 Å². The van der Waals surface area contributed by atoms with E-state index >= 15 is 0 Å². The maximum absolute atomic E-state index is 14.3. The van der Waals surface area contributed by atoms with Crippen LogP contribution in [-0.4, -0.2) is 37.5 Å². The zero-order valence-electron chi connectivity index (χ0n) is 17.8. The summed E-state index contributed by atoms with van der Waals surface area (Å²) in [6, 6.07) is 6.76. The van der Waals surface area contributed by atoms with Gasteiger partial charge in [0, 0.05) is 54.5 Å². The summed E-state index contributed by atoms with van der Waals surface area (Å²) in [5.74, 6) is -0.581. The molecule has 3 N–H and O–H groups in total. The Kier molecular flexibility index (Phi) is 7.09. The number of hydrogen-bond donors (Lipinski definition) is 3. The quantitative estimate of drug-likeness (QED) is 0.161. The fourth-order valence-corrected chi connectivity index (χ4v) is 4.34. The number of carboxylic acid groups (broad SMARTS) is 1. The lowest BCUT2D eigenvalue weighted by Gasteiger charge is -2.07. The summed E-state index contributed by atoms with van der Waals surface area (Å²) >= 11 is 1.44. The molecule has 176 valence electrons. The van der Waals surface area contributed by atoms with Crippen LogP contribution in [0.15, 0.2) is 42.7 Å². The average Bonchev–Trinajstić information content (AvgIpc) is 3.41. The highest BCUT2D eigenvalue weighted by molar-refractivity contribution is 7.19. The number of rotatable bonds is 11. The van der Waals surface area contributed by atoms with E-state index in [1.807, 2.05) is 6.07 Å². The van der Waals surface area contributed by atoms with E-state index in [4.69, 9.17) is 9.84 Å². The summed E-state index contributed by atoms with van der Waals surface area (Å²) in [7, 11) is 0. The number of fused-ring (bicyclic) bond motifs is 1. The predicted octanol–water partition coefficient (Wildman–Crippen LogP) is 4.40. The zero-order valence-corrected chi connectivity index (χ0v) is 18.6. The molecular weight excluding hydrogens is 465 g/mol. The molecule has 0 saturated carbocycles. The van der Waals surface area contributed by atoms with Crippen molar-refractivity contribution < 1.29 is 24.0 Å². The number of carbonyl (C=O) groups is 1. The van der Waals surface area contributed by atoms with Crippen LogP contribution in [0.2, 0.25) is 0 Å². The monoisotopic (exact) mass is 485 g/mol. The number of aromatic nitrogens is 3. The van der Waals surface area contributed by atoms with Crippen LogP contribution in [0.1, 0.15) is 29.2 Å². The van der Waals surface area contributed by atoms with Gasteiger partial charge in [0.05, 0.1) is 21.2 Å². The first-order valence-electron chi connectivity index (χ1n) is 10.3. The molecule has 0 saturated heterocycles. The van der Waals surface area contributed by atoms with Crippen LogP contribution in [0, 0.1) is 15.9 Å². The van der Waals surface area contributed by atoms with Gasteiger partial charge in [-0.1, -0.05) is 0 Å². The number of nitro groups is 1. The first-order chi connectivity index (χ1) is 16.4. The summed E-state index contributed by atoms with van der Waals surface area (Å²) in [6.07, 6.45) is 4.50. The third-order valence-electron chi connectivity index (χ3n) is 4.86. The number of carboxylic acids is 1. The van der Waals surface area contributed by atoms with Gasteiger partial charge in [0.2, 0.25) is 0 Å². The smallest absolute Gasteiger partial charge is 0.303 e. The summed E-state index contributed by atoms with van der Waals surface area (Å²) < 4.78 is 20.7. The van der Waals surface area contributed by atoms with Gasteiger partial charge in [0.1, 0.15) is 11.6 Å². The van der Waals surface area contributed by atoms with Crippen LogP contribution in [0.25, 0.3) is 10.2 Å². The summed E-state index contributed by atoms with van der Waals surface area (Å²) in [6.45, 7) is 1.15. The van der Waals surface area contributed by atoms with Crippen molar-refractivity contribution in [3.63, 3.8) is 0 Å². The van der Waals surface area contributed by atoms with Crippen molar-refractivity contribution in [2.75, 3.05) is 6.54 Å². The fourth-order valence-electron chi connectivity index (χ4n) is 3.27. The number of imidazole rings is 1. The van der Waals surface area contributed by atoms with Crippen molar-refractivity contribution in [2.45, 2.75) is 25.8 Å². The van der Waals surface area contributed by atoms with E-state index < -0.39 is 16.7 Å². The minimum atomic E-state index is -0.823. The van der Waals surface area contributed by atoms with Gasteiger partial charge in [-0.3, -0.25) is 19.9 Å². The molecule has 0 bridgehead atoms. The summed E-state index contributed by atoms with van der Waals surface area (Å²) in [5, 5.41) is 22.7. The highest BCUT2D eigenvalue weighted by atomic mass is 32.1. The Hall–Kier alpha value is -3.90. The van der Waals surface area contributed by atoms with Gasteiger partial charge in [-0.25, -0.2) is 9.37 Å². The number of pyridine rings is 1. The van der Waals surface area contributed by atoms with Gasteiger partial charge < -0.3 is 20.1 Å². The number of benzene rings is 1. The van der Waals surface area contributed by atoms with Crippen LogP contribution in [0.4, 0.5) is 10.1 Å². The molecule has 4 rings (SSSR count). The van der Waals surface area contributed by atoms with Gasteiger partial charge in [0.25, 0.3) is 5.69 Å². The highest BCUT2D eigenvalue weighted by Crippen LogP contribution is 2.36. The van der Waals surface area contributed by atoms with E-state index in [2.05, 4.69) is 20.3 Å². The number of non-ortho nitro benzene ring substituents is 1. The highest BCUT2D eigenvalue weighted by Gasteiger charge is 2.15. The minimum absolute atomic E-state index is 0.111. The molecule has 0 unspecified atom stereocenters. The van der Waals surface area contributed by atoms with Crippen LogP contribution in [0.3, 0.4) is 0 Å². The van der Waals surface area contributed by atoms with Crippen LogP contribution < -0.4 is 10.1 Å². The first kappa shape index (κ1) is 23.3. The van der Waals surface area contributed by atoms with Crippen molar-refractivity contribution in [3.8, 4) is 11.5 Å². The zero-order chi connectivity index (χ0) is 24.1. The second kappa shape index (κ2) is 10.4. The third kappa shape index (κ3) is 5.71. The van der Waals surface area contributed by atoms with Crippen molar-refractivity contribution in [2.24, 2.45) is 0 Å². The molecule has 0 aliphatic rings. The van der Waals surface area contributed by atoms with Gasteiger partial charge in [-0.05, 0) is 25.1 Å². The molecular formula is C22H20FN5O5S. The molecule has 34 heavy (non-hydrogen) atoms. The van der Waals surface area contributed by atoms with Crippen molar-refractivity contribution in [1.82, 2.24) is 20.3 Å². The number of aliphatic carboxylic acids is 1. The van der Waals surface area contributed by atoms with Crippen LogP contribution >= 0.6 is 11.3 Å². The number of aromatic amines is 1. The first-order valence-corrected chi connectivity index (χ1v) is 11.1. The van der Waals surface area contributed by atoms with E-state index in [9.17, 15) is 19.3 Å². The van der Waals surface area contributed by atoms with Crippen molar-refractivity contribution >= 4 is 33.2 Å². The molecule has 0 fully saturated rings. The number of ether oxygens (including phenoxy) is 1. The Bertz CT molecular complexity index is 1340. The maximum atomic E-state index is 14.3. The second-order valence-electron chi connectivity index (χ2n) is 7.42. The topological polar surface area (TPSA) is 143 Å². The second-order valence-corrected chi connectivity index (χ2v) is 8.55. The number of nitro benzene ring substituents is 1. The molecule has 0 spiro atoms. The molecule has 0 aliphatic carbocycles. The maximum Gasteiger partial charge on any atom is 0.303 e. The van der Waals surface area contributed by atoms with E-state index in [-0.39, 0.29) is 17.9 Å². The standard InChI is InChI=1S/C22H20FN5O5S/c23-16-8-14(28(31)32)3-4-18(16)33-19-5-7-25-17-9-15(34-22(17)19)10-20-26-12-13(27-20)11-24-6-1-2-21(29)30/h3-5,7-9,12,24H,1-2,6,10-11H2,(H,26,27)(H,29,30). The lowest BCUT2D eigenvalue weighted by atomic mass is 10.3. The molecule has 4 aromatic rings. The molecule has 10 nitrogen and oxygen atoms in total. The fraction of sp³-hybridized carbons (Fsp3) is 0.227. The summed E-state index contributed by atoms with van der Waals surface area (Å²) in [4.78, 5) is 33.6. The lowest BCUT2D eigenvalue weighted by molar-refractivity contribution is -0.385. The van der Waals surface area contributed by atoms with Gasteiger partial charge in [-0.15, -0.1) is 11.3 Å². The molecule has 0 aliphatic heterocycles. The normalized spacial score (nSPS) is 11.1. The Morgan fingerprint density at radius 3 is 2.88 bits per heavy atom. The van der Waals surface area contributed by atoms with E-state index in [1.54, 1.807) is 18.5 Å². The van der Waals surface area contributed by atoms with Crippen molar-refractivity contribution in [3.05, 3.63) is 75.1 Å².